The number of nitrogens with two attached hydrogens (primary N) is 1. The van der Waals surface area contributed by atoms with E-state index in [1.165, 1.54) is 58.2 Å². The number of fused-ring (bicyclic) bond motifs is 5. The monoisotopic (exact) mass is 379 g/mol. The smallest absolute Gasteiger partial charge is 0.0180 e. The first-order valence-electron chi connectivity index (χ1n) is 10.9. The van der Waals surface area contributed by atoms with Gasteiger partial charge in [0.15, 0.2) is 0 Å². The van der Waals surface area contributed by atoms with E-state index in [4.69, 9.17) is 5.73 Å². The fraction of sp³-hybridized carbons (Fsp3) is 0.286. The van der Waals surface area contributed by atoms with E-state index in [1.54, 1.807) is 11.1 Å². The van der Waals surface area contributed by atoms with E-state index in [0.29, 0.717) is 12.5 Å². The summed E-state index contributed by atoms with van der Waals surface area (Å²) < 4.78 is 0. The SMILES string of the molecule is Cc1ccc2c(c1)-c1ccc3c(c1CC2CCc1ccccc1CN)CCC=C3. The highest BCUT2D eigenvalue weighted by Crippen LogP contribution is 2.44. The van der Waals surface area contributed by atoms with Gasteiger partial charge in [0.05, 0.1) is 0 Å². The molecular formula is C28H29N. The molecule has 3 aromatic rings. The Kier molecular flexibility index (Phi) is 4.85. The van der Waals surface area contributed by atoms with Crippen molar-refractivity contribution < 1.29 is 0 Å². The molecule has 0 heterocycles. The van der Waals surface area contributed by atoms with Gasteiger partial charge in [0, 0.05) is 6.54 Å². The van der Waals surface area contributed by atoms with Crippen molar-refractivity contribution in [2.45, 2.75) is 51.5 Å². The van der Waals surface area contributed by atoms with Gasteiger partial charge in [-0.15, -0.1) is 0 Å². The lowest BCUT2D eigenvalue weighted by atomic mass is 9.73. The molecule has 29 heavy (non-hydrogen) atoms. The zero-order valence-corrected chi connectivity index (χ0v) is 17.2. The third kappa shape index (κ3) is 3.34. The van der Waals surface area contributed by atoms with Gasteiger partial charge in [-0.25, -0.2) is 0 Å². The summed E-state index contributed by atoms with van der Waals surface area (Å²) >= 11 is 0. The third-order valence-electron chi connectivity index (χ3n) is 6.82. The van der Waals surface area contributed by atoms with Crippen molar-refractivity contribution in [3.05, 3.63) is 99.6 Å². The minimum atomic E-state index is 0.571. The second-order valence-electron chi connectivity index (χ2n) is 8.60. The summed E-state index contributed by atoms with van der Waals surface area (Å²) in [6.07, 6.45) is 10.4. The molecule has 0 bridgehead atoms. The number of benzene rings is 3. The fourth-order valence-corrected chi connectivity index (χ4v) is 5.29. The van der Waals surface area contributed by atoms with Crippen LogP contribution < -0.4 is 5.73 Å². The molecule has 0 aliphatic heterocycles. The fourth-order valence-electron chi connectivity index (χ4n) is 5.29. The summed E-state index contributed by atoms with van der Waals surface area (Å²) in [6.45, 7) is 2.83. The van der Waals surface area contributed by atoms with Gasteiger partial charge in [-0.05, 0) is 89.5 Å². The Morgan fingerprint density at radius 2 is 1.79 bits per heavy atom. The van der Waals surface area contributed by atoms with Crippen LogP contribution in [0.25, 0.3) is 17.2 Å². The molecule has 146 valence electrons. The molecule has 0 aromatic heterocycles. The molecule has 1 nitrogen and oxygen atoms in total. The van der Waals surface area contributed by atoms with Gasteiger partial charge < -0.3 is 5.73 Å². The normalized spacial score (nSPS) is 16.8. The van der Waals surface area contributed by atoms with Crippen molar-refractivity contribution in [3.8, 4) is 11.1 Å². The molecule has 1 heteroatoms. The van der Waals surface area contributed by atoms with Crippen molar-refractivity contribution >= 4 is 6.08 Å². The van der Waals surface area contributed by atoms with Crippen LogP contribution in [0.3, 0.4) is 0 Å². The van der Waals surface area contributed by atoms with Crippen molar-refractivity contribution in [3.63, 3.8) is 0 Å². The zero-order chi connectivity index (χ0) is 19.8. The van der Waals surface area contributed by atoms with E-state index in [-0.39, 0.29) is 0 Å². The van der Waals surface area contributed by atoms with Gasteiger partial charge in [0.25, 0.3) is 0 Å². The van der Waals surface area contributed by atoms with E-state index in [0.717, 1.165) is 12.8 Å². The van der Waals surface area contributed by atoms with E-state index in [1.807, 2.05) is 0 Å². The lowest BCUT2D eigenvalue weighted by Crippen LogP contribution is -2.16. The second kappa shape index (κ2) is 7.65. The Labute approximate surface area is 174 Å². The molecule has 0 saturated heterocycles. The standard InChI is InChI=1S/C28H29N/c1-19-10-14-25-22(12-11-20-6-2-3-8-23(20)18-29)17-28-24-9-5-4-7-21(24)13-15-26(28)27(25)16-19/h2-4,6-8,10,13-16,22H,5,9,11-12,17-18,29H2,1H3. The molecule has 0 fully saturated rings. The number of hydrogen-bond acceptors (Lipinski definition) is 1. The molecule has 0 amide bonds. The number of hydrogen-bond donors (Lipinski definition) is 1. The lowest BCUT2D eigenvalue weighted by molar-refractivity contribution is 0.610. The molecule has 1 atom stereocenters. The minimum absolute atomic E-state index is 0.571. The predicted molar refractivity (Wildman–Crippen MR) is 123 cm³/mol. The van der Waals surface area contributed by atoms with Crippen LogP contribution in [0, 0.1) is 6.92 Å². The van der Waals surface area contributed by atoms with Gasteiger partial charge in [0.1, 0.15) is 0 Å². The summed E-state index contributed by atoms with van der Waals surface area (Å²) in [4.78, 5) is 0. The van der Waals surface area contributed by atoms with Crippen LogP contribution in [0.1, 0.15) is 57.7 Å². The maximum atomic E-state index is 5.99. The Hall–Kier alpha value is -2.64. The average molecular weight is 380 g/mol. The topological polar surface area (TPSA) is 26.0 Å². The highest BCUT2D eigenvalue weighted by molar-refractivity contribution is 5.78. The van der Waals surface area contributed by atoms with Crippen LogP contribution in [0.15, 0.2) is 60.7 Å². The van der Waals surface area contributed by atoms with Crippen LogP contribution in [0.4, 0.5) is 0 Å². The first-order chi connectivity index (χ1) is 14.2. The molecule has 5 rings (SSSR count). The largest absolute Gasteiger partial charge is 0.326 e. The van der Waals surface area contributed by atoms with E-state index in [2.05, 4.69) is 73.7 Å². The zero-order valence-electron chi connectivity index (χ0n) is 17.2. The summed E-state index contributed by atoms with van der Waals surface area (Å²) in [6, 6.07) is 20.4. The first-order valence-corrected chi connectivity index (χ1v) is 10.9. The highest BCUT2D eigenvalue weighted by Gasteiger charge is 2.27. The molecule has 1 unspecified atom stereocenters. The van der Waals surface area contributed by atoms with Crippen molar-refractivity contribution in [2.24, 2.45) is 5.73 Å². The highest BCUT2D eigenvalue weighted by atomic mass is 14.5. The Morgan fingerprint density at radius 1 is 0.931 bits per heavy atom. The predicted octanol–water partition coefficient (Wildman–Crippen LogP) is 6.35. The summed E-state index contributed by atoms with van der Waals surface area (Å²) in [7, 11) is 0. The lowest BCUT2D eigenvalue weighted by Gasteiger charge is -2.31. The quantitative estimate of drug-likeness (QED) is 0.561. The molecule has 0 radical (unpaired) electrons. The number of aryl methyl sites for hydroxylation is 2. The van der Waals surface area contributed by atoms with E-state index >= 15 is 0 Å². The van der Waals surface area contributed by atoms with Crippen LogP contribution in [0.2, 0.25) is 0 Å². The Balaban J connectivity index is 1.54. The second-order valence-corrected chi connectivity index (χ2v) is 8.60. The average Bonchev–Trinajstić information content (AvgIpc) is 2.77. The van der Waals surface area contributed by atoms with E-state index in [9.17, 15) is 0 Å². The number of allylic oxidation sites excluding steroid dienone is 1. The van der Waals surface area contributed by atoms with Crippen molar-refractivity contribution in [1.29, 1.82) is 0 Å². The van der Waals surface area contributed by atoms with Gasteiger partial charge >= 0.3 is 0 Å². The summed E-state index contributed by atoms with van der Waals surface area (Å²) in [5, 5.41) is 0. The molecule has 3 aromatic carbocycles. The van der Waals surface area contributed by atoms with Gasteiger partial charge in [0.2, 0.25) is 0 Å². The van der Waals surface area contributed by atoms with Gasteiger partial charge in [-0.2, -0.15) is 0 Å². The molecule has 2 N–H and O–H groups in total. The van der Waals surface area contributed by atoms with Crippen LogP contribution in [-0.4, -0.2) is 0 Å². The molecule has 0 spiro atoms. The van der Waals surface area contributed by atoms with Crippen molar-refractivity contribution in [2.75, 3.05) is 0 Å². The third-order valence-corrected chi connectivity index (χ3v) is 6.82. The van der Waals surface area contributed by atoms with Crippen LogP contribution in [0.5, 0.6) is 0 Å². The maximum Gasteiger partial charge on any atom is 0.0180 e. The minimum Gasteiger partial charge on any atom is -0.326 e. The Morgan fingerprint density at radius 3 is 2.66 bits per heavy atom. The molecule has 2 aliphatic rings. The Bertz CT molecular complexity index is 1090. The molecular weight excluding hydrogens is 350 g/mol. The number of rotatable bonds is 4. The molecule has 0 saturated carbocycles. The van der Waals surface area contributed by atoms with E-state index < -0.39 is 0 Å². The summed E-state index contributed by atoms with van der Waals surface area (Å²) in [5.41, 5.74) is 19.1. The van der Waals surface area contributed by atoms with Crippen LogP contribution >= 0.6 is 0 Å². The van der Waals surface area contributed by atoms with Crippen molar-refractivity contribution in [1.82, 2.24) is 0 Å². The van der Waals surface area contributed by atoms with Gasteiger partial charge in [-0.1, -0.05) is 72.3 Å². The molecule has 2 aliphatic carbocycles. The van der Waals surface area contributed by atoms with Crippen LogP contribution in [-0.2, 0) is 25.8 Å². The summed E-state index contributed by atoms with van der Waals surface area (Å²) in [5.74, 6) is 0.571. The maximum absolute atomic E-state index is 5.99. The first kappa shape index (κ1) is 18.4. The van der Waals surface area contributed by atoms with Gasteiger partial charge in [-0.3, -0.25) is 0 Å².